The van der Waals surface area contributed by atoms with Crippen molar-refractivity contribution in [3.05, 3.63) is 70.5 Å². The Labute approximate surface area is 584 Å². The second-order valence-corrected chi connectivity index (χ2v) is 45.6. The summed E-state index contributed by atoms with van der Waals surface area (Å²) in [6.45, 7) is -1.51. The molecule has 4 bridgehead atoms. The molecule has 10 heterocycles. The van der Waals surface area contributed by atoms with Crippen molar-refractivity contribution in [2.75, 3.05) is 48.5 Å². The average Bonchev–Trinajstić information content (AvgIpc) is 1.57. The van der Waals surface area contributed by atoms with Gasteiger partial charge in [0.05, 0.1) is 51.3 Å². The topological polar surface area (TPSA) is 484 Å². The maximum Gasteiger partial charge on any atom is 0.386 e. The number of aliphatic hydroxyl groups excluding tert-OH is 1. The molecule has 12 rings (SSSR count). The number of fused-ring (bicyclic) bond motifs is 8. The van der Waals surface area contributed by atoms with Crippen LogP contribution in [-0.2, 0) is 94.2 Å². The zero-order valence-electron chi connectivity index (χ0n) is 54.1. The number of rotatable bonds is 14. The predicted octanol–water partition coefficient (Wildman–Crippen LogP) is 5.16. The number of imidazole rings is 2. The van der Waals surface area contributed by atoms with E-state index in [0.717, 1.165) is 0 Å². The number of H-pyrrole nitrogens is 2. The number of aromatic amines is 2. The fraction of sp³-hybridized carbons (Fsp3) is 0.654. The quantitative estimate of drug-likeness (QED) is 0.0380. The van der Waals surface area contributed by atoms with E-state index < -0.39 is 122 Å². The Morgan fingerprint density at radius 3 is 1.55 bits per heavy atom. The van der Waals surface area contributed by atoms with E-state index in [0.29, 0.717) is 37.3 Å². The van der Waals surface area contributed by atoms with Gasteiger partial charge in [-0.1, -0.05) is 67.6 Å². The van der Waals surface area contributed by atoms with Crippen LogP contribution >= 0.6 is 39.2 Å². The number of aromatic nitrogens is 12. The van der Waals surface area contributed by atoms with Gasteiger partial charge in [0.1, 0.15) is 60.9 Å². The van der Waals surface area contributed by atoms with Gasteiger partial charge in [-0.15, -0.1) is 0 Å². The number of aliphatic hydroxyl groups is 1. The number of nitrogen functional groups attached to an aromatic ring is 2. The third kappa shape index (κ3) is 16.9. The lowest BCUT2D eigenvalue weighted by atomic mass is 10.1. The maximum absolute atomic E-state index is 14.5. The molecule has 0 amide bonds. The summed E-state index contributed by atoms with van der Waals surface area (Å²) >= 11 is 20.6. The molecular formula is C52H80N16O20P4S4Si2. The highest BCUT2D eigenvalue weighted by atomic mass is 32.7. The van der Waals surface area contributed by atoms with E-state index in [-0.39, 0.29) is 101 Å². The standard InChI is InChI=1S/C32H54N8O11P2S2Si2.C20H26N8O9P2S2/c1-17(2)56(44,18(3)4)51-57(19(5)6,20(7)8)50-27-24-14-46-52(42,54)48-23-12-22(37-25-9-10-34-15-35-25)11-21(23)13-45-53(43,55)49-28(27)31(47-24)40-16-36-26-29(40)38-32(33)39-30(26)41;21-20-26-17-14(18(30)27-20)24-8-28(17)19-16-15(29)12(35-19)6-34-38(31,40)36-11-4-10(25-13-1-2-22-7-23-13)3-9(11)5-33-39(32,41)37-16/h9-10,15-24,27-28,31,44H,11-14H2,1-8H3,(H,42,54)(H,43,55)(H,34,35,37)(H3,33,38,39,41);1-2,7-12,15-16,19,29H,3-6H2,(H,31,40)(H,32,41)(H,22,23,25)(H3,21,26,27,30)/t21-,22-,23+,24-,27-,28-,31-,52?,53?;9-,10-,11+,12-,15-,16-,19-,38?,39?/m11/s1. The Morgan fingerprint density at radius 1 is 0.633 bits per heavy atom. The number of nitrogens with two attached hydrogens (primary N) is 2. The summed E-state index contributed by atoms with van der Waals surface area (Å²) < 4.78 is 91.8. The molecule has 6 aromatic rings. The summed E-state index contributed by atoms with van der Waals surface area (Å²) in [7, 11) is -7.05. The Hall–Kier alpha value is -3.66. The highest BCUT2D eigenvalue weighted by Crippen LogP contribution is 2.60. The minimum atomic E-state index is -4.30. The Kier molecular flexibility index (Phi) is 23.3. The summed E-state index contributed by atoms with van der Waals surface area (Å²) in [6, 6.07) is 3.13. The van der Waals surface area contributed by atoms with Crippen molar-refractivity contribution < 1.29 is 83.4 Å². The SMILES string of the molecule is CC(C)[Si](O)(O[Si](O[C@H]1[C@H]2OP(=O)(S)OC[C@H]3C[C@@H](Nc4ccncn4)C[C@@H]3OP(O)(=S)OC[C@H]1O[C@H]2n1cnc2c(=O)[nH]c(N)nc21)(C(C)C)C(C)C)C(C)C.Nc1nc2c(ncn2[C@@H]2O[C@@H]3COP(O)(=S)O[C@H]4C[C@H](Nc5ccncn5)C[C@@H]4COP(O)(=S)O[C@@H]2[C@@H]3O)c(=O)[nH]1. The molecule has 46 heteroatoms. The number of nitrogens with one attached hydrogen (secondary N) is 4. The molecule has 98 heavy (non-hydrogen) atoms. The highest BCUT2D eigenvalue weighted by molar-refractivity contribution is 8.44. The molecule has 18 atom stereocenters. The third-order valence-corrected chi connectivity index (χ3v) is 33.9. The lowest BCUT2D eigenvalue weighted by molar-refractivity contribution is -0.0511. The fourth-order valence-electron chi connectivity index (χ4n) is 13.0. The second kappa shape index (κ2) is 30.2. The van der Waals surface area contributed by atoms with E-state index in [1.807, 2.05) is 55.4 Å². The van der Waals surface area contributed by atoms with E-state index >= 15 is 0 Å². The summed E-state index contributed by atoms with van der Waals surface area (Å²) in [5.74, 6) is 0.0640. The maximum atomic E-state index is 14.5. The summed E-state index contributed by atoms with van der Waals surface area (Å²) in [4.78, 5) is 109. The van der Waals surface area contributed by atoms with Crippen molar-refractivity contribution in [1.82, 2.24) is 59.0 Å². The molecule has 540 valence electrons. The highest BCUT2D eigenvalue weighted by Gasteiger charge is 2.61. The molecule has 2 aliphatic carbocycles. The minimum Gasteiger partial charge on any atom is -0.414 e. The number of hydrogen-bond acceptors (Lipinski definition) is 32. The van der Waals surface area contributed by atoms with Crippen molar-refractivity contribution in [3.63, 3.8) is 0 Å². The van der Waals surface area contributed by atoms with Gasteiger partial charge in [0.2, 0.25) is 11.9 Å². The first-order chi connectivity index (χ1) is 46.1. The van der Waals surface area contributed by atoms with E-state index in [2.05, 4.69) is 72.7 Å². The van der Waals surface area contributed by atoms with Crippen LogP contribution in [0.25, 0.3) is 22.3 Å². The molecule has 4 saturated heterocycles. The molecular weight excluding hydrogens is 1480 g/mol. The van der Waals surface area contributed by atoms with E-state index in [1.54, 1.807) is 24.5 Å². The molecule has 0 aromatic carbocycles. The van der Waals surface area contributed by atoms with Gasteiger partial charge in [0, 0.05) is 36.3 Å². The van der Waals surface area contributed by atoms with Crippen molar-refractivity contribution in [1.29, 1.82) is 0 Å². The van der Waals surface area contributed by atoms with Crippen LogP contribution in [0, 0.1) is 11.8 Å². The molecule has 0 radical (unpaired) electrons. The molecule has 6 fully saturated rings. The van der Waals surface area contributed by atoms with Gasteiger partial charge in [-0.25, -0.2) is 34.5 Å². The van der Waals surface area contributed by atoms with Crippen molar-refractivity contribution in [2.45, 2.75) is 177 Å². The van der Waals surface area contributed by atoms with Crippen LogP contribution in [0.1, 0.15) is 93.5 Å². The summed E-state index contributed by atoms with van der Waals surface area (Å²) in [5, 5.41) is 17.7. The van der Waals surface area contributed by atoms with Crippen LogP contribution in [0.3, 0.4) is 0 Å². The van der Waals surface area contributed by atoms with Gasteiger partial charge in [-0.2, -0.15) is 9.97 Å². The molecule has 6 aromatic heterocycles. The summed E-state index contributed by atoms with van der Waals surface area (Å²) in [6.07, 6.45) is -0.753. The Balaban J connectivity index is 0.000000209. The smallest absolute Gasteiger partial charge is 0.386 e. The van der Waals surface area contributed by atoms with Crippen LogP contribution in [0.15, 0.2) is 59.4 Å². The molecule has 4 unspecified atom stereocenters. The zero-order chi connectivity index (χ0) is 70.6. The monoisotopic (exact) mass is 1560 g/mol. The van der Waals surface area contributed by atoms with Crippen molar-refractivity contribution in [2.24, 2.45) is 11.8 Å². The van der Waals surface area contributed by atoms with Gasteiger partial charge < -0.3 is 91.8 Å². The molecule has 4 aliphatic heterocycles. The van der Waals surface area contributed by atoms with Crippen LogP contribution in [0.2, 0.25) is 22.2 Å². The first-order valence-electron chi connectivity index (χ1n) is 31.3. The van der Waals surface area contributed by atoms with E-state index in [9.17, 15) is 38.7 Å². The number of ether oxygens (including phenoxy) is 2. The predicted molar refractivity (Wildman–Crippen MR) is 373 cm³/mol. The Bertz CT molecular complexity index is 4110. The lowest BCUT2D eigenvalue weighted by Gasteiger charge is -2.47. The largest absolute Gasteiger partial charge is 0.414 e. The van der Waals surface area contributed by atoms with Gasteiger partial charge in [0.15, 0.2) is 34.8 Å². The molecule has 6 aliphatic rings. The first kappa shape index (κ1) is 75.5. The number of thiol groups is 1. The van der Waals surface area contributed by atoms with Crippen LogP contribution in [0.4, 0.5) is 23.5 Å². The normalized spacial score (nSPS) is 34.4. The van der Waals surface area contributed by atoms with Crippen LogP contribution in [0.5, 0.6) is 0 Å². The number of anilines is 4. The number of nitrogens with zero attached hydrogens (tertiary/aromatic N) is 10. The third-order valence-electron chi connectivity index (χ3n) is 17.8. The van der Waals surface area contributed by atoms with Gasteiger partial charge >= 0.3 is 44.1 Å². The van der Waals surface area contributed by atoms with E-state index in [1.165, 1.54) is 34.4 Å². The van der Waals surface area contributed by atoms with Crippen LogP contribution < -0.4 is 33.2 Å². The van der Waals surface area contributed by atoms with Crippen LogP contribution in [-0.4, -0.2) is 188 Å². The molecule has 2 saturated carbocycles. The van der Waals surface area contributed by atoms with Crippen molar-refractivity contribution in [3.8, 4) is 0 Å². The average molecular weight is 1560 g/mol. The first-order valence-corrected chi connectivity index (χ1v) is 45.8. The molecule has 36 nitrogen and oxygen atoms in total. The molecule has 0 spiro atoms. The molecule has 13 N–H and O–H groups in total. The van der Waals surface area contributed by atoms with E-state index in [4.69, 9.17) is 101 Å². The minimum absolute atomic E-state index is 0.0403. The summed E-state index contributed by atoms with van der Waals surface area (Å²) in [5.41, 5.74) is 9.64. The van der Waals surface area contributed by atoms with Gasteiger partial charge in [-0.3, -0.25) is 37.7 Å². The lowest BCUT2D eigenvalue weighted by Crippen LogP contribution is -2.62. The second-order valence-electron chi connectivity index (χ2n) is 25.8. The zero-order valence-corrected chi connectivity index (χ0v) is 63.0. The van der Waals surface area contributed by atoms with Gasteiger partial charge in [-0.05, 0) is 95.4 Å². The number of hydrogen-bond donors (Lipinski definition) is 12. The fourth-order valence-corrected chi connectivity index (χ4v) is 28.9. The van der Waals surface area contributed by atoms with Crippen molar-refractivity contribution >= 4 is 138 Å². The Morgan fingerprint density at radius 2 is 1.08 bits per heavy atom. The van der Waals surface area contributed by atoms with Gasteiger partial charge in [0.25, 0.3) is 11.1 Å².